The quantitative estimate of drug-likeness (QED) is 0.581. The maximum atomic E-state index is 12.9. The molecule has 4 aromatic rings. The summed E-state index contributed by atoms with van der Waals surface area (Å²) in [7, 11) is 1.83. The van der Waals surface area contributed by atoms with Gasteiger partial charge >= 0.3 is 0 Å². The van der Waals surface area contributed by atoms with Crippen LogP contribution in [0.25, 0.3) is 16.9 Å². The Morgan fingerprint density at radius 3 is 2.61 bits per heavy atom. The number of rotatable bonds is 5. The van der Waals surface area contributed by atoms with Gasteiger partial charge in [0.25, 0.3) is 5.91 Å². The Morgan fingerprint density at radius 2 is 1.89 bits per heavy atom. The van der Waals surface area contributed by atoms with Crippen molar-refractivity contribution in [3.8, 4) is 11.3 Å². The van der Waals surface area contributed by atoms with Gasteiger partial charge in [0.2, 0.25) is 0 Å². The van der Waals surface area contributed by atoms with Gasteiger partial charge in [0.15, 0.2) is 0 Å². The highest BCUT2D eigenvalue weighted by Gasteiger charge is 2.15. The van der Waals surface area contributed by atoms with Crippen molar-refractivity contribution in [2.45, 2.75) is 20.3 Å². The Bertz CT molecular complexity index is 1110. The number of H-pyrrole nitrogens is 1. The molecule has 28 heavy (non-hydrogen) atoms. The molecule has 0 fully saturated rings. The Balaban J connectivity index is 1.52. The minimum Gasteiger partial charge on any atom is -0.341 e. The Morgan fingerprint density at radius 1 is 1.11 bits per heavy atom. The molecule has 0 aliphatic carbocycles. The van der Waals surface area contributed by atoms with Gasteiger partial charge in [0.1, 0.15) is 5.65 Å². The molecular weight excluding hydrogens is 350 g/mol. The highest BCUT2D eigenvalue weighted by atomic mass is 16.2. The zero-order chi connectivity index (χ0) is 19.7. The number of benzene rings is 1. The summed E-state index contributed by atoms with van der Waals surface area (Å²) in [4.78, 5) is 19.3. The van der Waals surface area contributed by atoms with E-state index in [0.29, 0.717) is 12.1 Å². The van der Waals surface area contributed by atoms with E-state index in [1.165, 1.54) is 5.56 Å². The van der Waals surface area contributed by atoms with Crippen LogP contribution < -0.4 is 0 Å². The third kappa shape index (κ3) is 3.41. The van der Waals surface area contributed by atoms with Gasteiger partial charge in [-0.25, -0.2) is 4.98 Å². The molecule has 6 heteroatoms. The second-order valence-electron chi connectivity index (χ2n) is 7.06. The number of aromatic nitrogens is 4. The van der Waals surface area contributed by atoms with Crippen LogP contribution in [0.3, 0.4) is 0 Å². The number of fused-ring (bicyclic) bond motifs is 1. The summed E-state index contributed by atoms with van der Waals surface area (Å²) in [5.74, 6) is -0.00402. The molecule has 0 unspecified atom stereocenters. The first kappa shape index (κ1) is 18.0. The molecular formula is C22H23N5O. The molecule has 3 aromatic heterocycles. The minimum absolute atomic E-state index is 0.00402. The minimum atomic E-state index is -0.00402. The fourth-order valence-corrected chi connectivity index (χ4v) is 3.41. The molecule has 0 radical (unpaired) electrons. The van der Waals surface area contributed by atoms with E-state index in [0.717, 1.165) is 34.7 Å². The van der Waals surface area contributed by atoms with Crippen LogP contribution in [-0.4, -0.2) is 44.0 Å². The van der Waals surface area contributed by atoms with Gasteiger partial charge in [0, 0.05) is 37.2 Å². The van der Waals surface area contributed by atoms with Gasteiger partial charge in [0.05, 0.1) is 17.0 Å². The lowest BCUT2D eigenvalue weighted by Crippen LogP contribution is -2.29. The molecule has 1 aromatic carbocycles. The van der Waals surface area contributed by atoms with Crippen molar-refractivity contribution in [2.24, 2.45) is 0 Å². The average molecular weight is 373 g/mol. The van der Waals surface area contributed by atoms with Crippen LogP contribution in [0, 0.1) is 13.8 Å². The highest BCUT2D eigenvalue weighted by Crippen LogP contribution is 2.19. The molecule has 0 atom stereocenters. The van der Waals surface area contributed by atoms with E-state index >= 15 is 0 Å². The first-order valence-corrected chi connectivity index (χ1v) is 9.33. The summed E-state index contributed by atoms with van der Waals surface area (Å²) in [6, 6.07) is 13.8. The number of nitrogens with one attached hydrogen (secondary N) is 1. The van der Waals surface area contributed by atoms with Gasteiger partial charge in [-0.3, -0.25) is 9.89 Å². The number of likely N-dealkylation sites (N-methyl/N-ethyl adjacent to an activating group) is 1. The lowest BCUT2D eigenvalue weighted by atomic mass is 10.1. The number of carbonyl (C=O) groups excluding carboxylic acids is 1. The number of carbonyl (C=O) groups is 1. The first-order chi connectivity index (χ1) is 13.5. The second kappa shape index (κ2) is 7.31. The monoisotopic (exact) mass is 373 g/mol. The Labute approximate surface area is 163 Å². The number of aryl methyl sites for hydroxylation is 2. The van der Waals surface area contributed by atoms with Gasteiger partial charge in [-0.05, 0) is 38.0 Å². The smallest absolute Gasteiger partial charge is 0.255 e. The number of nitrogens with zero attached hydrogens (tertiary/aromatic N) is 4. The molecule has 0 saturated carbocycles. The molecule has 1 N–H and O–H groups in total. The van der Waals surface area contributed by atoms with E-state index in [2.05, 4.69) is 15.2 Å². The fraction of sp³-hybridized carbons (Fsp3) is 0.227. The topological polar surface area (TPSA) is 66.3 Å². The van der Waals surface area contributed by atoms with Crippen LogP contribution >= 0.6 is 0 Å². The largest absolute Gasteiger partial charge is 0.341 e. The molecule has 6 nitrogen and oxygen atoms in total. The van der Waals surface area contributed by atoms with Crippen molar-refractivity contribution in [2.75, 3.05) is 13.6 Å². The van der Waals surface area contributed by atoms with Gasteiger partial charge in [-0.15, -0.1) is 0 Å². The van der Waals surface area contributed by atoms with Crippen molar-refractivity contribution in [3.05, 3.63) is 77.4 Å². The lowest BCUT2D eigenvalue weighted by Gasteiger charge is -2.17. The van der Waals surface area contributed by atoms with Crippen LogP contribution in [0.5, 0.6) is 0 Å². The Kier molecular flexibility index (Phi) is 4.69. The molecule has 0 bridgehead atoms. The summed E-state index contributed by atoms with van der Waals surface area (Å²) in [6.07, 6.45) is 4.59. The summed E-state index contributed by atoms with van der Waals surface area (Å²) >= 11 is 0. The SMILES string of the molecule is Cc1n[nH]c(C)c1CCN(C)C(=O)c1ccc2nc(-c3ccccc3)cn2c1. The van der Waals surface area contributed by atoms with Gasteiger partial charge in [-0.2, -0.15) is 5.10 Å². The predicted molar refractivity (Wildman–Crippen MR) is 109 cm³/mol. The van der Waals surface area contributed by atoms with E-state index in [-0.39, 0.29) is 5.91 Å². The Hall–Kier alpha value is -3.41. The van der Waals surface area contributed by atoms with Crippen LogP contribution in [0.15, 0.2) is 54.9 Å². The van der Waals surface area contributed by atoms with Crippen molar-refractivity contribution in [3.63, 3.8) is 0 Å². The average Bonchev–Trinajstić information content (AvgIpc) is 3.29. The number of aromatic amines is 1. The highest BCUT2D eigenvalue weighted by molar-refractivity contribution is 5.94. The molecule has 142 valence electrons. The maximum absolute atomic E-state index is 12.9. The molecule has 0 aliphatic rings. The van der Waals surface area contributed by atoms with E-state index in [9.17, 15) is 4.79 Å². The summed E-state index contributed by atoms with van der Waals surface area (Å²) in [5, 5.41) is 7.21. The molecule has 0 aliphatic heterocycles. The zero-order valence-corrected chi connectivity index (χ0v) is 16.3. The molecule has 3 heterocycles. The van der Waals surface area contributed by atoms with E-state index in [4.69, 9.17) is 0 Å². The van der Waals surface area contributed by atoms with Crippen LogP contribution in [0.2, 0.25) is 0 Å². The normalized spacial score (nSPS) is 11.1. The van der Waals surface area contributed by atoms with E-state index < -0.39 is 0 Å². The second-order valence-corrected chi connectivity index (χ2v) is 7.06. The molecule has 4 rings (SSSR count). The lowest BCUT2D eigenvalue weighted by molar-refractivity contribution is 0.0796. The van der Waals surface area contributed by atoms with Crippen LogP contribution in [0.4, 0.5) is 0 Å². The molecule has 0 saturated heterocycles. The summed E-state index contributed by atoms with van der Waals surface area (Å²) < 4.78 is 1.91. The number of imidazole rings is 1. The van der Waals surface area contributed by atoms with Crippen molar-refractivity contribution >= 4 is 11.6 Å². The third-order valence-corrected chi connectivity index (χ3v) is 5.09. The van der Waals surface area contributed by atoms with Gasteiger partial charge < -0.3 is 9.30 Å². The first-order valence-electron chi connectivity index (χ1n) is 9.33. The van der Waals surface area contributed by atoms with Crippen LogP contribution in [0.1, 0.15) is 27.3 Å². The predicted octanol–water partition coefficient (Wildman–Crippen LogP) is 3.66. The number of amides is 1. The van der Waals surface area contributed by atoms with Crippen molar-refractivity contribution in [1.82, 2.24) is 24.5 Å². The zero-order valence-electron chi connectivity index (χ0n) is 16.3. The molecule has 1 amide bonds. The number of hydrogen-bond donors (Lipinski definition) is 1. The van der Waals surface area contributed by atoms with Crippen LogP contribution in [-0.2, 0) is 6.42 Å². The van der Waals surface area contributed by atoms with Crippen molar-refractivity contribution < 1.29 is 4.79 Å². The van der Waals surface area contributed by atoms with Crippen molar-refractivity contribution in [1.29, 1.82) is 0 Å². The number of pyridine rings is 1. The summed E-state index contributed by atoms with van der Waals surface area (Å²) in [5.41, 5.74) is 6.65. The molecule has 0 spiro atoms. The van der Waals surface area contributed by atoms with Gasteiger partial charge in [-0.1, -0.05) is 30.3 Å². The standard InChI is InChI=1S/C22H23N5O/c1-15-19(16(2)25-24-15)11-12-26(3)22(28)18-9-10-21-23-20(14-27(21)13-18)17-7-5-4-6-8-17/h4-10,13-14H,11-12H2,1-3H3,(H,24,25). The third-order valence-electron chi connectivity index (χ3n) is 5.09. The number of hydrogen-bond acceptors (Lipinski definition) is 3. The maximum Gasteiger partial charge on any atom is 0.255 e. The fourth-order valence-electron chi connectivity index (χ4n) is 3.41. The summed E-state index contributed by atoms with van der Waals surface area (Å²) in [6.45, 7) is 4.63. The van der Waals surface area contributed by atoms with E-state index in [1.54, 1.807) is 4.90 Å². The van der Waals surface area contributed by atoms with E-state index in [1.807, 2.05) is 80.2 Å².